The van der Waals surface area contributed by atoms with Gasteiger partial charge in [0.15, 0.2) is 0 Å². The fraction of sp³-hybridized carbons (Fsp3) is 1.00. The van der Waals surface area contributed by atoms with E-state index in [4.69, 9.17) is 249 Å². The molecule has 0 aliphatic carbocycles. The Kier molecular flexibility index (Phi) is 32.4. The van der Waals surface area contributed by atoms with Gasteiger partial charge in [-0.15, -0.1) is 45.5 Å². The molecule has 10 aliphatic heterocycles. The highest BCUT2D eigenvalue weighted by molar-refractivity contribution is 9.08. The second-order valence-electron chi connectivity index (χ2n) is 19.6. The topological polar surface area (TPSA) is 267 Å². The van der Waals surface area contributed by atoms with Crippen molar-refractivity contribution in [2.24, 2.45) is 0 Å². The molecule has 10 fully saturated rings. The van der Waals surface area contributed by atoms with Crippen LogP contribution in [0.3, 0.4) is 0 Å². The summed E-state index contributed by atoms with van der Waals surface area (Å²) in [6.07, 6.45) is -10.6. The van der Waals surface area contributed by atoms with Crippen molar-refractivity contribution in [1.82, 2.24) is 0 Å². The summed E-state index contributed by atoms with van der Waals surface area (Å²) in [5, 5.41) is 47.7. The number of hydrogen-bond acceptors (Lipinski definition) is 37. The van der Waals surface area contributed by atoms with E-state index in [9.17, 15) is 20.4 Å². The number of methoxy groups -OCH3 is 3. The summed E-state index contributed by atoms with van der Waals surface area (Å²) < 4.78 is 95.2. The van der Waals surface area contributed by atoms with Crippen molar-refractivity contribution in [2.45, 2.75) is 141 Å². The highest BCUT2D eigenvalue weighted by atomic mass is 33.3. The van der Waals surface area contributed by atoms with Crippen molar-refractivity contribution in [3.05, 3.63) is 0 Å². The average molecular weight is 1570 g/mol. The number of fused-ring (bicyclic) bond motifs is 3. The van der Waals surface area contributed by atoms with Crippen molar-refractivity contribution in [1.29, 1.82) is 0 Å². The molecule has 10 aliphatic rings. The molecule has 0 spiro atoms. The number of rotatable bonds is 22. The van der Waals surface area contributed by atoms with Gasteiger partial charge >= 0.3 is 0 Å². The Balaban J connectivity index is 0.000000177. The van der Waals surface area contributed by atoms with Gasteiger partial charge in [-0.25, -0.2) is 0 Å². The number of aliphatic hydroxyl groups is 5. The molecule has 0 aromatic carbocycles. The lowest BCUT2D eigenvalue weighted by Crippen LogP contribution is -2.34. The molecule has 0 aromatic rings. The third-order valence-electron chi connectivity index (χ3n) is 13.3. The van der Waals surface area contributed by atoms with Gasteiger partial charge in [0.25, 0.3) is 19.4 Å². The highest BCUT2D eigenvalue weighted by Crippen LogP contribution is 2.86. The van der Waals surface area contributed by atoms with E-state index in [0.29, 0.717) is 0 Å². The van der Waals surface area contributed by atoms with E-state index >= 15 is 0 Å². The maximum Gasteiger partial charge on any atom is 0.272 e. The molecule has 484 valence electrons. The zero-order valence-electron chi connectivity index (χ0n) is 45.6. The Morgan fingerprint density at radius 1 is 0.419 bits per heavy atom. The van der Waals surface area contributed by atoms with Crippen LogP contribution < -0.4 is 0 Å². The Labute approximate surface area is 575 Å². The average Bonchev–Trinajstić information content (AvgIpc) is 2.21. The van der Waals surface area contributed by atoms with Crippen molar-refractivity contribution >= 4 is 235 Å². The molecule has 23 nitrogen and oxygen atoms in total. The van der Waals surface area contributed by atoms with Crippen LogP contribution in [0.25, 0.3) is 0 Å². The summed E-state index contributed by atoms with van der Waals surface area (Å²) >= 11 is 62.9. The minimum Gasteiger partial charge on any atom is -0.719 e. The molecule has 0 bridgehead atoms. The minimum atomic E-state index is -2.89. The van der Waals surface area contributed by atoms with Crippen molar-refractivity contribution < 1.29 is 110 Å². The van der Waals surface area contributed by atoms with Crippen LogP contribution in [0.4, 0.5) is 0 Å². The van der Waals surface area contributed by atoms with Gasteiger partial charge in [-0.2, -0.15) is 0 Å². The number of ether oxygens (including phenoxy) is 14. The van der Waals surface area contributed by atoms with Crippen LogP contribution in [0.1, 0.15) is 0 Å². The van der Waals surface area contributed by atoms with Crippen LogP contribution in [0.2, 0.25) is 0 Å². The first kappa shape index (κ1) is 79.4. The van der Waals surface area contributed by atoms with Crippen LogP contribution >= 0.6 is 76.3 Å². The normalized spacial score (nSPS) is 43.7. The van der Waals surface area contributed by atoms with Gasteiger partial charge in [-0.3, -0.25) is 0 Å². The summed E-state index contributed by atoms with van der Waals surface area (Å²) in [5.74, 6) is 6.35. The SMILES string of the molecule is S=P1(CP2(=S)SCCS2)SCCS1.[B][C@@H]1O[C@H](CO)C2OC(OC)O[C@@H]21.[B][C@@H]1O[C@H](COP(=S)([S-])CP(=S)([S-])OC[C@@H]2O[C@H]([B])C(O)[C@@H]2O)C(O)[C@@H]1O.[B][C@@H]1O[C@H](COP(=S)([S-])CP(=S)([S-])OC[C@@H]2O[C@H]([B])C3OC(OC)O[C@@H]32)C2OC(OC)O[C@@H]21. The Bertz CT molecular complexity index is 2370. The summed E-state index contributed by atoms with van der Waals surface area (Å²) in [5.41, 5.74) is -11.4. The van der Waals surface area contributed by atoms with Gasteiger partial charge in [0, 0.05) is 92.1 Å². The van der Waals surface area contributed by atoms with E-state index in [2.05, 4.69) is 45.5 Å². The maximum absolute atomic E-state index is 9.81. The molecule has 10 heterocycles. The lowest BCUT2D eigenvalue weighted by Gasteiger charge is -2.39. The molecule has 86 heavy (non-hydrogen) atoms. The number of hydrogen-bond donors (Lipinski definition) is 5. The first-order valence-electron chi connectivity index (χ1n) is 25.7. The van der Waals surface area contributed by atoms with Crippen molar-refractivity contribution in [3.63, 3.8) is 0 Å². The van der Waals surface area contributed by atoms with E-state index in [1.807, 2.05) is 0 Å². The monoisotopic (exact) mass is 1570 g/mol. The summed E-state index contributed by atoms with van der Waals surface area (Å²) in [6.45, 7) is -2.65. The van der Waals surface area contributed by atoms with Crippen LogP contribution in [0.15, 0.2) is 0 Å². The second-order valence-corrected chi connectivity index (χ2v) is 69.5. The molecular weight excluding hydrogens is 1510 g/mol. The zero-order valence-corrected chi connectivity index (χ0v) is 62.4. The molecule has 48 heteroatoms. The van der Waals surface area contributed by atoms with Crippen LogP contribution in [-0.2, 0) is 204 Å². The van der Waals surface area contributed by atoms with Crippen LogP contribution in [0.5, 0.6) is 0 Å². The summed E-state index contributed by atoms with van der Waals surface area (Å²) in [7, 11) is 32.9. The maximum atomic E-state index is 9.81. The standard InChI is InChI=1S/C15H24B2O10P2S4.C11H20B2O8P2S4.C7H11BO5.C5H10P2S6/c1-18-14-24-8-6(22-12(16)10(8)26-14)3-20-28(30,31)5-29(32,33)21-4-7-9-11(13(17)23-7)27-15(19-2)25-9;12-10-8(16)6(14)4(20-10)1-18-22(24,25)3-23(26,27)19-2-5-7(15)9(17)11(13)21-5;1-10-7-12-4-3(2-9)11-6(8)5(4)13-7;8-6(10-1-2-11-6)5-7(9)12-3-4-13-7/h6-15H,3-5H2,1-2H3,(H,30,31)(H,32,33);4-11,14-17H,1-3H2,(H,24,25)(H,26,27);3-7,9H,2H2,1H3;1-5H2/p-4/t6-,7+,8+,9?,10?,11-,12-,13+,14?,15?;4-,5+,6+,7?,8?,9-,10-,11+;3-,4?,5+,6-,7?;/m001./s1. The van der Waals surface area contributed by atoms with E-state index < -0.39 is 160 Å². The third-order valence-corrected chi connectivity index (χ3v) is 59.0. The van der Waals surface area contributed by atoms with Gasteiger partial charge in [-0.1, -0.05) is 92.7 Å². The van der Waals surface area contributed by atoms with Crippen molar-refractivity contribution in [2.75, 3.05) is 95.1 Å². The van der Waals surface area contributed by atoms with Gasteiger partial charge in [0.05, 0.1) is 54.1 Å². The molecule has 12 unspecified atom stereocenters. The van der Waals surface area contributed by atoms with Crippen molar-refractivity contribution in [3.8, 4) is 0 Å². The first-order chi connectivity index (χ1) is 40.2. The largest absolute Gasteiger partial charge is 0.719 e. The zero-order chi connectivity index (χ0) is 63.3. The predicted octanol–water partition coefficient (Wildman–Crippen LogP) is 0.934. The van der Waals surface area contributed by atoms with Gasteiger partial charge in [0.1, 0.15) is 119 Å². The molecule has 0 saturated carbocycles. The fourth-order valence-corrected chi connectivity index (χ4v) is 70.6. The Morgan fingerprint density at radius 2 is 0.674 bits per heavy atom. The summed E-state index contributed by atoms with van der Waals surface area (Å²) in [4.78, 5) is 0. The van der Waals surface area contributed by atoms with Gasteiger partial charge in [0.2, 0.25) is 0 Å². The smallest absolute Gasteiger partial charge is 0.272 e. The van der Waals surface area contributed by atoms with E-state index in [-0.39, 0.29) is 57.0 Å². The third kappa shape index (κ3) is 22.6. The van der Waals surface area contributed by atoms with Gasteiger partial charge < -0.3 is 159 Å². The highest BCUT2D eigenvalue weighted by Gasteiger charge is 2.53. The van der Waals surface area contributed by atoms with E-state index in [1.54, 1.807) is 0 Å². The molecule has 0 amide bonds. The Morgan fingerprint density at radius 3 is 0.942 bits per heavy atom. The summed E-state index contributed by atoms with van der Waals surface area (Å²) in [6, 6.07) is -3.96. The molecule has 10 rings (SSSR count). The number of aliphatic hydroxyl groups excluding tert-OH is 5. The van der Waals surface area contributed by atoms with Crippen LogP contribution in [-0.4, -0.2) is 301 Å². The fourth-order valence-electron chi connectivity index (χ4n) is 9.16. The van der Waals surface area contributed by atoms with Crippen LogP contribution in [0, 0.1) is 0 Å². The van der Waals surface area contributed by atoms with Gasteiger partial charge in [-0.05, 0) is 0 Å². The lowest BCUT2D eigenvalue weighted by atomic mass is 9.93. The molecule has 27 atom stereocenters. The predicted molar refractivity (Wildman–Crippen MR) is 368 cm³/mol. The molecule has 0 aromatic heterocycles. The minimum absolute atomic E-state index is 0.0375. The van der Waals surface area contributed by atoms with E-state index in [1.165, 1.54) is 50.2 Å². The molecule has 10 radical (unpaired) electrons. The lowest BCUT2D eigenvalue weighted by molar-refractivity contribution is -0.247. The molecule has 10 saturated heterocycles. The second kappa shape index (κ2) is 35.1. The Hall–Kier alpha value is 6.10. The first-order valence-corrected chi connectivity index (χ1v) is 53.7. The quantitative estimate of drug-likeness (QED) is 0.0574. The van der Waals surface area contributed by atoms with E-state index in [0.717, 1.165) is 0 Å². The molecular formula is C38H61B5O23P6S14-4. The molecule has 5 N–H and O–H groups in total.